The van der Waals surface area contributed by atoms with Gasteiger partial charge in [-0.1, -0.05) is 18.2 Å². The lowest BCUT2D eigenvalue weighted by atomic mass is 10.1. The van der Waals surface area contributed by atoms with Crippen molar-refractivity contribution in [3.05, 3.63) is 59.7 Å². The van der Waals surface area contributed by atoms with Gasteiger partial charge in [-0.05, 0) is 42.8 Å². The number of rotatable bonds is 3. The molecule has 0 atom stereocenters. The van der Waals surface area contributed by atoms with Crippen LogP contribution >= 0.6 is 0 Å². The van der Waals surface area contributed by atoms with Crippen LogP contribution in [0.1, 0.15) is 15.9 Å². The van der Waals surface area contributed by atoms with Gasteiger partial charge in [0, 0.05) is 16.9 Å². The number of carbonyl (C=O) groups is 2. The molecule has 0 aliphatic rings. The van der Waals surface area contributed by atoms with Gasteiger partial charge in [0.15, 0.2) is 0 Å². The van der Waals surface area contributed by atoms with E-state index in [2.05, 4.69) is 10.6 Å². The average Bonchev–Trinajstić information content (AvgIpc) is 2.41. The summed E-state index contributed by atoms with van der Waals surface area (Å²) >= 11 is 0. The van der Waals surface area contributed by atoms with Crippen molar-refractivity contribution in [2.75, 3.05) is 10.6 Å². The molecule has 0 saturated heterocycles. The molecule has 2 rings (SSSR count). The topological polar surface area (TPSA) is 84.2 Å². The van der Waals surface area contributed by atoms with Crippen molar-refractivity contribution in [1.82, 2.24) is 0 Å². The lowest BCUT2D eigenvalue weighted by Crippen LogP contribution is -2.19. The summed E-state index contributed by atoms with van der Waals surface area (Å²) in [5.74, 6) is -0.204. The molecule has 0 unspecified atom stereocenters. The molecule has 0 fully saturated rings. The first-order valence-electron chi connectivity index (χ1n) is 6.10. The van der Waals surface area contributed by atoms with Crippen LogP contribution in [0.15, 0.2) is 48.5 Å². The minimum absolute atomic E-state index is 0.204. The fraction of sp³-hybridized carbons (Fsp3) is 0.0667. The molecule has 5 heteroatoms. The maximum Gasteiger partial charge on any atom is 0.316 e. The third kappa shape index (κ3) is 3.35. The van der Waals surface area contributed by atoms with Gasteiger partial charge in [0.2, 0.25) is 0 Å². The molecule has 0 spiro atoms. The molecule has 0 saturated carbocycles. The molecule has 20 heavy (non-hydrogen) atoms. The van der Waals surface area contributed by atoms with E-state index in [1.165, 1.54) is 0 Å². The van der Waals surface area contributed by atoms with E-state index >= 15 is 0 Å². The Morgan fingerprint density at radius 1 is 0.950 bits per heavy atom. The molecule has 0 aliphatic carbocycles. The van der Waals surface area contributed by atoms with Crippen LogP contribution in [0.2, 0.25) is 0 Å². The Hall–Kier alpha value is -2.82. The van der Waals surface area contributed by atoms with Crippen LogP contribution in [-0.2, 0) is 0 Å². The van der Waals surface area contributed by atoms with Crippen molar-refractivity contribution in [1.29, 1.82) is 0 Å². The summed E-state index contributed by atoms with van der Waals surface area (Å²) in [5, 5.41) is 5.27. The zero-order valence-electron chi connectivity index (χ0n) is 11.0. The van der Waals surface area contributed by atoms with Gasteiger partial charge in [-0.15, -0.1) is 0 Å². The van der Waals surface area contributed by atoms with Crippen LogP contribution in [0, 0.1) is 6.92 Å². The van der Waals surface area contributed by atoms with E-state index in [1.54, 1.807) is 24.3 Å². The van der Waals surface area contributed by atoms with E-state index in [1.807, 2.05) is 31.2 Å². The van der Waals surface area contributed by atoms with E-state index in [0.29, 0.717) is 11.3 Å². The Morgan fingerprint density at radius 2 is 1.60 bits per heavy atom. The van der Waals surface area contributed by atoms with Gasteiger partial charge in [0.1, 0.15) is 0 Å². The van der Waals surface area contributed by atoms with Crippen molar-refractivity contribution in [3.8, 4) is 0 Å². The molecular weight excluding hydrogens is 254 g/mol. The predicted octanol–water partition coefficient (Wildman–Crippen LogP) is 2.74. The second-order valence-electron chi connectivity index (χ2n) is 4.34. The minimum Gasteiger partial charge on any atom is -0.351 e. The monoisotopic (exact) mass is 269 g/mol. The average molecular weight is 269 g/mol. The molecule has 0 bridgehead atoms. The van der Waals surface area contributed by atoms with Crippen LogP contribution in [-0.4, -0.2) is 11.9 Å². The predicted molar refractivity (Wildman–Crippen MR) is 78.8 cm³/mol. The molecule has 0 aliphatic heterocycles. The van der Waals surface area contributed by atoms with Crippen LogP contribution in [0.4, 0.5) is 16.2 Å². The normalized spacial score (nSPS) is 9.85. The van der Waals surface area contributed by atoms with Gasteiger partial charge < -0.3 is 16.4 Å². The summed E-state index contributed by atoms with van der Waals surface area (Å²) in [6.07, 6.45) is 0. The number of amides is 3. The van der Waals surface area contributed by atoms with Crippen molar-refractivity contribution in [2.24, 2.45) is 5.73 Å². The Bertz CT molecular complexity index is 636. The summed E-state index contributed by atoms with van der Waals surface area (Å²) in [7, 11) is 0. The summed E-state index contributed by atoms with van der Waals surface area (Å²) in [5.41, 5.74) is 7.83. The van der Waals surface area contributed by atoms with E-state index < -0.39 is 6.03 Å². The van der Waals surface area contributed by atoms with Gasteiger partial charge in [0.25, 0.3) is 5.91 Å². The number of primary amides is 1. The number of aryl methyl sites for hydroxylation is 1. The van der Waals surface area contributed by atoms with Crippen LogP contribution in [0.3, 0.4) is 0 Å². The van der Waals surface area contributed by atoms with Crippen LogP contribution < -0.4 is 16.4 Å². The summed E-state index contributed by atoms with van der Waals surface area (Å²) in [6, 6.07) is 13.4. The molecule has 4 N–H and O–H groups in total. The SMILES string of the molecule is Cc1ccccc1NC(=O)c1ccc(NC(N)=O)cc1. The standard InChI is InChI=1S/C15H15N3O2/c1-10-4-2-3-5-13(10)18-14(19)11-6-8-12(9-7-11)17-15(16)20/h2-9H,1H3,(H,18,19)(H3,16,17,20). The van der Waals surface area contributed by atoms with E-state index in [0.717, 1.165) is 11.3 Å². The highest BCUT2D eigenvalue weighted by Crippen LogP contribution is 2.15. The maximum absolute atomic E-state index is 12.1. The summed E-state index contributed by atoms with van der Waals surface area (Å²) in [6.45, 7) is 1.93. The number of hydrogen-bond acceptors (Lipinski definition) is 2. The first-order valence-corrected chi connectivity index (χ1v) is 6.10. The van der Waals surface area contributed by atoms with Gasteiger partial charge in [0.05, 0.1) is 0 Å². The van der Waals surface area contributed by atoms with Crippen molar-refractivity contribution in [2.45, 2.75) is 6.92 Å². The second-order valence-corrected chi connectivity index (χ2v) is 4.34. The number of para-hydroxylation sites is 1. The number of carbonyl (C=O) groups excluding carboxylic acids is 2. The van der Waals surface area contributed by atoms with Gasteiger partial charge in [-0.3, -0.25) is 4.79 Å². The number of urea groups is 1. The number of benzene rings is 2. The second kappa shape index (κ2) is 5.88. The fourth-order valence-electron chi connectivity index (χ4n) is 1.75. The Morgan fingerprint density at radius 3 is 2.20 bits per heavy atom. The molecule has 0 radical (unpaired) electrons. The van der Waals surface area contributed by atoms with E-state index in [9.17, 15) is 9.59 Å². The third-order valence-electron chi connectivity index (χ3n) is 2.81. The Kier molecular flexibility index (Phi) is 4.00. The van der Waals surface area contributed by atoms with E-state index in [4.69, 9.17) is 5.73 Å². The molecular formula is C15H15N3O2. The highest BCUT2D eigenvalue weighted by Gasteiger charge is 2.07. The zero-order chi connectivity index (χ0) is 14.5. The molecule has 2 aromatic rings. The number of nitrogens with two attached hydrogens (primary N) is 1. The Labute approximate surface area is 116 Å². The van der Waals surface area contributed by atoms with Crippen LogP contribution in [0.5, 0.6) is 0 Å². The van der Waals surface area contributed by atoms with Crippen LogP contribution in [0.25, 0.3) is 0 Å². The third-order valence-corrected chi connectivity index (χ3v) is 2.81. The largest absolute Gasteiger partial charge is 0.351 e. The highest BCUT2D eigenvalue weighted by atomic mass is 16.2. The first-order chi connectivity index (χ1) is 9.56. The van der Waals surface area contributed by atoms with Gasteiger partial charge >= 0.3 is 6.03 Å². The lowest BCUT2D eigenvalue weighted by Gasteiger charge is -2.08. The number of hydrogen-bond donors (Lipinski definition) is 3. The zero-order valence-corrected chi connectivity index (χ0v) is 11.0. The number of anilines is 2. The first kappa shape index (κ1) is 13.6. The number of nitrogens with one attached hydrogen (secondary N) is 2. The molecule has 0 heterocycles. The fourth-order valence-corrected chi connectivity index (χ4v) is 1.75. The van der Waals surface area contributed by atoms with E-state index in [-0.39, 0.29) is 5.91 Å². The van der Waals surface area contributed by atoms with Crippen molar-refractivity contribution < 1.29 is 9.59 Å². The summed E-state index contributed by atoms with van der Waals surface area (Å²) in [4.78, 5) is 22.8. The summed E-state index contributed by atoms with van der Waals surface area (Å²) < 4.78 is 0. The van der Waals surface area contributed by atoms with Gasteiger partial charge in [-0.25, -0.2) is 4.79 Å². The smallest absolute Gasteiger partial charge is 0.316 e. The molecule has 2 aromatic carbocycles. The lowest BCUT2D eigenvalue weighted by molar-refractivity contribution is 0.102. The van der Waals surface area contributed by atoms with Crippen molar-refractivity contribution in [3.63, 3.8) is 0 Å². The highest BCUT2D eigenvalue weighted by molar-refractivity contribution is 6.05. The molecule has 3 amide bonds. The molecule has 0 aromatic heterocycles. The molecule has 5 nitrogen and oxygen atoms in total. The quantitative estimate of drug-likeness (QED) is 0.800. The maximum atomic E-state index is 12.1. The van der Waals surface area contributed by atoms with Crippen molar-refractivity contribution >= 4 is 23.3 Å². The Balaban J connectivity index is 2.10. The molecule has 102 valence electrons. The minimum atomic E-state index is -0.637. The van der Waals surface area contributed by atoms with Gasteiger partial charge in [-0.2, -0.15) is 0 Å².